The summed E-state index contributed by atoms with van der Waals surface area (Å²) in [6, 6.07) is 12.5. The minimum absolute atomic E-state index is 0.109. The summed E-state index contributed by atoms with van der Waals surface area (Å²) >= 11 is 0. The van der Waals surface area contributed by atoms with Crippen LogP contribution in [0.15, 0.2) is 30.3 Å². The first kappa shape index (κ1) is 26.4. The van der Waals surface area contributed by atoms with E-state index in [1.807, 2.05) is 11.0 Å². The lowest BCUT2D eigenvalue weighted by Crippen LogP contribution is -2.64. The zero-order chi connectivity index (χ0) is 27.4. The quantitative estimate of drug-likeness (QED) is 0.505. The molecule has 0 radical (unpaired) electrons. The summed E-state index contributed by atoms with van der Waals surface area (Å²) in [5.74, 6) is 4.82. The van der Waals surface area contributed by atoms with Gasteiger partial charge in [-0.3, -0.25) is 9.80 Å². The van der Waals surface area contributed by atoms with Crippen LogP contribution in [0.4, 0.5) is 10.5 Å². The van der Waals surface area contributed by atoms with Crippen molar-refractivity contribution >= 4 is 11.7 Å². The average Bonchev–Trinajstić information content (AvgIpc) is 3.67. The van der Waals surface area contributed by atoms with Gasteiger partial charge in [-0.1, -0.05) is 44.2 Å². The third kappa shape index (κ3) is 4.64. The third-order valence-corrected chi connectivity index (χ3v) is 11.8. The number of para-hydroxylation sites is 1. The lowest BCUT2D eigenvalue weighted by atomic mass is 9.61. The maximum Gasteiger partial charge on any atom is 0.325 e. The Morgan fingerprint density at radius 1 is 0.875 bits per heavy atom. The van der Waals surface area contributed by atoms with Crippen LogP contribution < -0.4 is 4.90 Å². The first-order chi connectivity index (χ1) is 19.5. The largest absolute Gasteiger partial charge is 0.325 e. The minimum atomic E-state index is -0.110. The highest BCUT2D eigenvalue weighted by Gasteiger charge is 2.50. The van der Waals surface area contributed by atoms with Crippen LogP contribution in [0.3, 0.4) is 0 Å². The van der Waals surface area contributed by atoms with Crippen LogP contribution in [0, 0.1) is 29.6 Å². The number of carbonyl (C=O) groups excluding carboxylic acids is 1. The molecule has 40 heavy (non-hydrogen) atoms. The highest BCUT2D eigenvalue weighted by Crippen LogP contribution is 2.51. The smallest absolute Gasteiger partial charge is 0.314 e. The number of carbonyl (C=O) groups is 1. The molecule has 1 N–H and O–H groups in total. The molecule has 3 saturated heterocycles. The monoisotopic (exact) mass is 545 g/mol. The van der Waals surface area contributed by atoms with Crippen molar-refractivity contribution in [3.63, 3.8) is 0 Å². The molecule has 1 aromatic carbocycles. The molecule has 8 heteroatoms. The lowest BCUT2D eigenvalue weighted by Gasteiger charge is -2.59. The summed E-state index contributed by atoms with van der Waals surface area (Å²) in [4.78, 5) is 21.7. The molecule has 4 heterocycles. The number of anilines is 1. The fourth-order valence-electron chi connectivity index (χ4n) is 9.72. The molecule has 2 amide bonds. The van der Waals surface area contributed by atoms with Crippen LogP contribution in [0.1, 0.15) is 96.8 Å². The average molecular weight is 546 g/mol. The molecule has 2 aromatic rings. The number of piperidine rings is 2. The standard InChI is InChI=1S/C32H47N7O/c1-20-11-12-26-18-28(19-30(20)38(26)27-16-23-15-24(17-27)22(3)14-21(23)2)39(25-8-5-4-6-9-25)32(40)37-13-7-10-29(37)31-33-35-36-34-31/h4-6,8-9,20-24,26-30H,7,10-19H2,1-3H3,(H,33,34,35,36). The molecule has 1 aromatic heterocycles. The van der Waals surface area contributed by atoms with Gasteiger partial charge in [0.1, 0.15) is 0 Å². The van der Waals surface area contributed by atoms with Gasteiger partial charge in [-0.2, -0.15) is 5.21 Å². The fraction of sp³-hybridized carbons (Fsp3) is 0.750. The number of urea groups is 1. The summed E-state index contributed by atoms with van der Waals surface area (Å²) in [5.41, 5.74) is 1.02. The molecule has 7 rings (SSSR count). The molecule has 3 aliphatic heterocycles. The number of tetrazole rings is 1. The van der Waals surface area contributed by atoms with Crippen molar-refractivity contribution < 1.29 is 4.79 Å². The molecule has 216 valence electrons. The van der Waals surface area contributed by atoms with Gasteiger partial charge < -0.3 is 4.90 Å². The number of aromatic amines is 1. The summed E-state index contributed by atoms with van der Waals surface area (Å²) < 4.78 is 0. The number of benzene rings is 1. The zero-order valence-electron chi connectivity index (χ0n) is 24.5. The van der Waals surface area contributed by atoms with Crippen LogP contribution in [0.5, 0.6) is 0 Å². The molecule has 2 saturated carbocycles. The highest BCUT2D eigenvalue weighted by molar-refractivity contribution is 5.93. The van der Waals surface area contributed by atoms with E-state index in [2.05, 4.69) is 75.5 Å². The van der Waals surface area contributed by atoms with Gasteiger partial charge in [0.15, 0.2) is 5.82 Å². The second-order valence-corrected chi connectivity index (χ2v) is 14.0. The number of fused-ring (bicyclic) bond motifs is 4. The molecular formula is C32H47N7O. The normalized spacial score (nSPS) is 39.7. The number of amides is 2. The number of hydrogen-bond donors (Lipinski definition) is 1. The van der Waals surface area contributed by atoms with E-state index in [-0.39, 0.29) is 18.1 Å². The molecule has 5 fully saturated rings. The maximum atomic E-state index is 14.5. The number of H-pyrrole nitrogens is 1. The first-order valence-corrected chi connectivity index (χ1v) is 16.1. The van der Waals surface area contributed by atoms with Gasteiger partial charge >= 0.3 is 6.03 Å². The van der Waals surface area contributed by atoms with Crippen LogP contribution in [0.2, 0.25) is 0 Å². The molecule has 8 nitrogen and oxygen atoms in total. The van der Waals surface area contributed by atoms with Crippen molar-refractivity contribution in [2.45, 2.75) is 115 Å². The third-order valence-electron chi connectivity index (χ3n) is 11.8. The van der Waals surface area contributed by atoms with Crippen LogP contribution >= 0.6 is 0 Å². The topological polar surface area (TPSA) is 81.2 Å². The Morgan fingerprint density at radius 3 is 2.38 bits per heavy atom. The van der Waals surface area contributed by atoms with E-state index in [0.29, 0.717) is 23.8 Å². The van der Waals surface area contributed by atoms with Gasteiger partial charge in [-0.05, 0) is 106 Å². The highest BCUT2D eigenvalue weighted by atomic mass is 16.2. The van der Waals surface area contributed by atoms with Crippen molar-refractivity contribution in [1.82, 2.24) is 30.4 Å². The molecule has 0 spiro atoms. The molecule has 9 unspecified atom stereocenters. The van der Waals surface area contributed by atoms with E-state index in [4.69, 9.17) is 0 Å². The van der Waals surface area contributed by atoms with Gasteiger partial charge in [0, 0.05) is 36.4 Å². The van der Waals surface area contributed by atoms with Crippen LogP contribution in [0.25, 0.3) is 0 Å². The van der Waals surface area contributed by atoms with E-state index in [1.165, 1.54) is 38.5 Å². The maximum absolute atomic E-state index is 14.5. The molecule has 2 aliphatic carbocycles. The lowest BCUT2D eigenvalue weighted by molar-refractivity contribution is -0.0744. The van der Waals surface area contributed by atoms with Crippen LogP contribution in [-0.2, 0) is 0 Å². The van der Waals surface area contributed by atoms with Crippen molar-refractivity contribution in [1.29, 1.82) is 0 Å². The number of rotatable bonds is 4. The first-order valence-electron chi connectivity index (χ1n) is 16.1. The van der Waals surface area contributed by atoms with E-state index in [1.54, 1.807) is 0 Å². The number of hydrogen-bond acceptors (Lipinski definition) is 5. The zero-order valence-corrected chi connectivity index (χ0v) is 24.5. The van der Waals surface area contributed by atoms with Gasteiger partial charge in [-0.25, -0.2) is 4.79 Å². The molecule has 9 atom stereocenters. The minimum Gasteiger partial charge on any atom is -0.314 e. The summed E-state index contributed by atoms with van der Waals surface area (Å²) in [6.07, 6.45) is 12.2. The molecule has 5 aliphatic rings. The van der Waals surface area contributed by atoms with Crippen LogP contribution in [-0.4, -0.2) is 67.2 Å². The van der Waals surface area contributed by atoms with Gasteiger partial charge in [0.25, 0.3) is 0 Å². The van der Waals surface area contributed by atoms with Gasteiger partial charge in [0.05, 0.1) is 6.04 Å². The van der Waals surface area contributed by atoms with Gasteiger partial charge in [0.2, 0.25) is 0 Å². The number of aromatic nitrogens is 4. The van der Waals surface area contributed by atoms with E-state index in [9.17, 15) is 4.79 Å². The summed E-state index contributed by atoms with van der Waals surface area (Å²) in [7, 11) is 0. The van der Waals surface area contributed by atoms with E-state index in [0.717, 1.165) is 67.6 Å². The predicted molar refractivity (Wildman–Crippen MR) is 156 cm³/mol. The Kier molecular flexibility index (Phi) is 7.09. The van der Waals surface area contributed by atoms with Crippen molar-refractivity contribution in [3.05, 3.63) is 36.2 Å². The number of likely N-dealkylation sites (tertiary alicyclic amines) is 1. The second-order valence-electron chi connectivity index (χ2n) is 14.0. The predicted octanol–water partition coefficient (Wildman–Crippen LogP) is 6.06. The Hall–Kier alpha value is -2.48. The van der Waals surface area contributed by atoms with Crippen molar-refractivity contribution in [2.24, 2.45) is 29.6 Å². The summed E-state index contributed by atoms with van der Waals surface area (Å²) in [6.45, 7) is 8.25. The van der Waals surface area contributed by atoms with Gasteiger partial charge in [-0.15, -0.1) is 10.2 Å². The SMILES string of the molecule is CC1CC(C)C2CC1CC(N1C3CCC(C)C1CC(N(C(=O)N1CCCC1c1nn[nH]n1)c1ccccc1)C3)C2. The Labute approximate surface area is 239 Å². The molecular weight excluding hydrogens is 498 g/mol. The number of nitrogens with zero attached hydrogens (tertiary/aromatic N) is 6. The Balaban J connectivity index is 1.17. The van der Waals surface area contributed by atoms with Crippen molar-refractivity contribution in [3.8, 4) is 0 Å². The van der Waals surface area contributed by atoms with E-state index < -0.39 is 0 Å². The molecule has 4 bridgehead atoms. The fourth-order valence-corrected chi connectivity index (χ4v) is 9.72. The second kappa shape index (κ2) is 10.7. The Bertz CT molecular complexity index is 1140. The Morgan fingerprint density at radius 2 is 1.65 bits per heavy atom. The van der Waals surface area contributed by atoms with E-state index >= 15 is 0 Å². The summed E-state index contributed by atoms with van der Waals surface area (Å²) in [5, 5.41) is 14.9. The van der Waals surface area contributed by atoms with Crippen molar-refractivity contribution in [2.75, 3.05) is 11.4 Å². The number of nitrogens with one attached hydrogen (secondary N) is 1.